The molecule has 3 aromatic rings. The van der Waals surface area contributed by atoms with E-state index >= 15 is 0 Å². The van der Waals surface area contributed by atoms with Crippen LogP contribution >= 0.6 is 11.8 Å². The first-order chi connectivity index (χ1) is 17.6. The normalized spacial score (nSPS) is 21.6. The summed E-state index contributed by atoms with van der Waals surface area (Å²) in [6.45, 7) is 2.37. The van der Waals surface area contributed by atoms with Gasteiger partial charge in [-0.2, -0.15) is 0 Å². The van der Waals surface area contributed by atoms with Gasteiger partial charge in [-0.25, -0.2) is 0 Å². The maximum atomic E-state index is 13.7. The lowest BCUT2D eigenvalue weighted by Gasteiger charge is -2.46. The molecule has 1 amide bonds. The SMILES string of the molecule is O=C1c2c(O)c(=O)ccn2N(C2c3ccccc3CSc3ccccc32)CN1[C@@H]1CCN(CCO)C1. The fourth-order valence-electron chi connectivity index (χ4n) is 5.67. The topological polar surface area (TPSA) is 89.2 Å². The lowest BCUT2D eigenvalue weighted by molar-refractivity contribution is 0.0592. The molecule has 0 spiro atoms. The Morgan fingerprint density at radius 3 is 2.61 bits per heavy atom. The molecule has 2 aromatic carbocycles. The molecule has 0 bridgehead atoms. The predicted octanol–water partition coefficient (Wildman–Crippen LogP) is 2.37. The van der Waals surface area contributed by atoms with Crippen molar-refractivity contribution in [2.24, 2.45) is 0 Å². The fraction of sp³-hybridized carbons (Fsp3) is 0.333. The molecule has 6 rings (SSSR count). The monoisotopic (exact) mass is 504 g/mol. The van der Waals surface area contributed by atoms with Gasteiger partial charge in [0.15, 0.2) is 11.4 Å². The van der Waals surface area contributed by atoms with Gasteiger partial charge in [0.05, 0.1) is 12.6 Å². The van der Waals surface area contributed by atoms with Crippen LogP contribution in [0.15, 0.2) is 70.5 Å². The molecule has 186 valence electrons. The zero-order valence-corrected chi connectivity index (χ0v) is 20.6. The number of likely N-dealkylation sites (tertiary alicyclic amines) is 1. The molecular weight excluding hydrogens is 476 g/mol. The highest BCUT2D eigenvalue weighted by Crippen LogP contribution is 2.43. The zero-order valence-electron chi connectivity index (χ0n) is 19.8. The summed E-state index contributed by atoms with van der Waals surface area (Å²) in [5.41, 5.74) is 2.91. The molecule has 9 heteroatoms. The van der Waals surface area contributed by atoms with E-state index in [0.717, 1.165) is 29.8 Å². The minimum atomic E-state index is -0.568. The molecule has 4 heterocycles. The fourth-order valence-corrected chi connectivity index (χ4v) is 6.76. The summed E-state index contributed by atoms with van der Waals surface area (Å²) in [5.74, 6) is -0.0323. The standard InChI is InChI=1S/C27H28N4O4S/c32-14-13-28-11-9-19(15-28)29-17-31(30-12-10-22(33)26(34)25(30)27(29)35)24-20-6-2-1-5-18(20)16-36-23-8-4-3-7-21(23)24/h1-8,10,12,19,24,32,34H,9,11,13-17H2/t19-,24?/m1/s1. The number of aromatic hydroxyl groups is 1. The number of rotatable bonds is 4. The quantitative estimate of drug-likeness (QED) is 0.564. The highest BCUT2D eigenvalue weighted by atomic mass is 32.2. The molecule has 3 aliphatic rings. The van der Waals surface area contributed by atoms with Crippen LogP contribution in [0.3, 0.4) is 0 Å². The van der Waals surface area contributed by atoms with E-state index in [1.165, 1.54) is 16.5 Å². The second-order valence-electron chi connectivity index (χ2n) is 9.47. The number of pyridine rings is 1. The lowest BCUT2D eigenvalue weighted by Crippen LogP contribution is -2.58. The predicted molar refractivity (Wildman–Crippen MR) is 138 cm³/mol. The summed E-state index contributed by atoms with van der Waals surface area (Å²) in [7, 11) is 0. The first-order valence-electron chi connectivity index (χ1n) is 12.2. The van der Waals surface area contributed by atoms with Gasteiger partial charge < -0.3 is 15.1 Å². The Bertz CT molecular complexity index is 1330. The third-order valence-corrected chi connectivity index (χ3v) is 8.58. The van der Waals surface area contributed by atoms with Gasteiger partial charge >= 0.3 is 0 Å². The average Bonchev–Trinajstić information content (AvgIpc) is 3.28. The molecule has 1 aromatic heterocycles. The van der Waals surface area contributed by atoms with E-state index in [1.54, 1.807) is 27.5 Å². The molecule has 36 heavy (non-hydrogen) atoms. The summed E-state index contributed by atoms with van der Waals surface area (Å²) in [6, 6.07) is 17.7. The summed E-state index contributed by atoms with van der Waals surface area (Å²) < 4.78 is 1.67. The van der Waals surface area contributed by atoms with Crippen LogP contribution in [0.2, 0.25) is 0 Å². The molecule has 2 N–H and O–H groups in total. The highest BCUT2D eigenvalue weighted by molar-refractivity contribution is 7.98. The van der Waals surface area contributed by atoms with E-state index in [4.69, 9.17) is 0 Å². The van der Waals surface area contributed by atoms with Crippen molar-refractivity contribution in [3.63, 3.8) is 0 Å². The van der Waals surface area contributed by atoms with Crippen molar-refractivity contribution in [1.29, 1.82) is 0 Å². The number of hydrogen-bond donors (Lipinski definition) is 2. The molecular formula is C27H28N4O4S. The van der Waals surface area contributed by atoms with E-state index in [9.17, 15) is 19.8 Å². The summed E-state index contributed by atoms with van der Waals surface area (Å²) >= 11 is 1.79. The Hall–Kier alpha value is -3.27. The number of β-amino-alcohol motifs (C(OH)–C–C–N with tert-alkyl or cyclic N) is 1. The Morgan fingerprint density at radius 2 is 1.78 bits per heavy atom. The number of fused-ring (bicyclic) bond motifs is 3. The van der Waals surface area contributed by atoms with Crippen molar-refractivity contribution < 1.29 is 15.0 Å². The molecule has 2 atom stereocenters. The molecule has 0 radical (unpaired) electrons. The molecule has 1 unspecified atom stereocenters. The van der Waals surface area contributed by atoms with Crippen molar-refractivity contribution in [2.75, 3.05) is 37.9 Å². The number of amides is 1. The number of aliphatic hydroxyl groups excluding tert-OH is 1. The molecule has 1 saturated heterocycles. The Labute approximate surface area is 213 Å². The van der Waals surface area contributed by atoms with Crippen LogP contribution in [0.25, 0.3) is 0 Å². The third-order valence-electron chi connectivity index (χ3n) is 7.44. The van der Waals surface area contributed by atoms with E-state index in [0.29, 0.717) is 19.8 Å². The largest absolute Gasteiger partial charge is 0.502 e. The van der Waals surface area contributed by atoms with Crippen molar-refractivity contribution in [2.45, 2.75) is 29.2 Å². The van der Waals surface area contributed by atoms with Crippen LogP contribution in [-0.4, -0.2) is 69.5 Å². The van der Waals surface area contributed by atoms with Crippen LogP contribution in [0.1, 0.15) is 39.6 Å². The Balaban J connectivity index is 1.52. The molecule has 8 nitrogen and oxygen atoms in total. The zero-order chi connectivity index (χ0) is 24.8. The molecule has 0 aliphatic carbocycles. The van der Waals surface area contributed by atoms with Gasteiger partial charge in [-0.3, -0.25) is 24.2 Å². The van der Waals surface area contributed by atoms with Gasteiger partial charge in [0.2, 0.25) is 5.43 Å². The van der Waals surface area contributed by atoms with Crippen LogP contribution < -0.4 is 10.4 Å². The third kappa shape index (κ3) is 3.78. The van der Waals surface area contributed by atoms with Gasteiger partial charge in [0.25, 0.3) is 5.91 Å². The minimum Gasteiger partial charge on any atom is -0.502 e. The average molecular weight is 505 g/mol. The van der Waals surface area contributed by atoms with Gasteiger partial charge in [0, 0.05) is 48.6 Å². The van der Waals surface area contributed by atoms with Gasteiger partial charge in [-0.15, -0.1) is 11.8 Å². The summed E-state index contributed by atoms with van der Waals surface area (Å²) in [5, 5.41) is 22.3. The highest BCUT2D eigenvalue weighted by Gasteiger charge is 2.42. The van der Waals surface area contributed by atoms with E-state index in [1.807, 2.05) is 24.3 Å². The number of carbonyl (C=O) groups excluding carboxylic acids is 1. The summed E-state index contributed by atoms with van der Waals surface area (Å²) in [6.07, 6.45) is 2.37. The number of aromatic nitrogens is 1. The number of carbonyl (C=O) groups is 1. The van der Waals surface area contributed by atoms with Crippen molar-refractivity contribution >= 4 is 17.7 Å². The van der Waals surface area contributed by atoms with Crippen LogP contribution in [0.4, 0.5) is 0 Å². The number of benzene rings is 2. The first kappa shape index (κ1) is 23.1. The minimum absolute atomic E-state index is 0.00113. The summed E-state index contributed by atoms with van der Waals surface area (Å²) in [4.78, 5) is 31.3. The van der Waals surface area contributed by atoms with Crippen molar-refractivity contribution in [3.05, 3.63) is 93.4 Å². The van der Waals surface area contributed by atoms with Gasteiger partial charge in [0.1, 0.15) is 6.67 Å². The Kier molecular flexibility index (Phi) is 5.99. The number of thioether (sulfide) groups is 1. The van der Waals surface area contributed by atoms with Crippen molar-refractivity contribution in [3.8, 4) is 5.75 Å². The number of nitrogens with zero attached hydrogens (tertiary/aromatic N) is 4. The molecule has 3 aliphatic heterocycles. The van der Waals surface area contributed by atoms with Gasteiger partial charge in [-0.05, 0) is 29.2 Å². The number of hydrogen-bond acceptors (Lipinski definition) is 7. The smallest absolute Gasteiger partial charge is 0.278 e. The molecule has 0 saturated carbocycles. The van der Waals surface area contributed by atoms with Crippen LogP contribution in [0, 0.1) is 0 Å². The second-order valence-corrected chi connectivity index (χ2v) is 10.5. The van der Waals surface area contributed by atoms with E-state index in [-0.39, 0.29) is 30.3 Å². The first-order valence-corrected chi connectivity index (χ1v) is 13.2. The number of aliphatic hydroxyl groups is 1. The Morgan fingerprint density at radius 1 is 1.00 bits per heavy atom. The maximum absolute atomic E-state index is 13.7. The second kappa shape index (κ2) is 9.31. The van der Waals surface area contributed by atoms with E-state index in [2.05, 4.69) is 34.2 Å². The van der Waals surface area contributed by atoms with Crippen LogP contribution in [0.5, 0.6) is 5.75 Å². The van der Waals surface area contributed by atoms with Gasteiger partial charge in [-0.1, -0.05) is 42.5 Å². The molecule has 1 fully saturated rings. The maximum Gasteiger partial charge on any atom is 0.278 e. The van der Waals surface area contributed by atoms with E-state index < -0.39 is 11.2 Å². The van der Waals surface area contributed by atoms with Crippen molar-refractivity contribution in [1.82, 2.24) is 14.5 Å². The lowest BCUT2D eigenvalue weighted by atomic mass is 9.94. The van der Waals surface area contributed by atoms with Crippen LogP contribution in [-0.2, 0) is 5.75 Å².